The maximum absolute atomic E-state index is 11.8. The Morgan fingerprint density at radius 2 is 2.05 bits per heavy atom. The Kier molecular flexibility index (Phi) is 5.24. The largest absolute Gasteiger partial charge is 0.395 e. The van der Waals surface area contributed by atoms with E-state index in [-0.39, 0.29) is 37.8 Å². The van der Waals surface area contributed by atoms with Crippen LogP contribution < -0.4 is 10.6 Å². The topological polar surface area (TPSA) is 91.3 Å². The van der Waals surface area contributed by atoms with E-state index in [0.717, 1.165) is 15.8 Å². The predicted octanol–water partition coefficient (Wildman–Crippen LogP) is 1.43. The van der Waals surface area contributed by atoms with Crippen molar-refractivity contribution < 1.29 is 14.7 Å². The zero-order valence-electron chi connectivity index (χ0n) is 11.7. The summed E-state index contributed by atoms with van der Waals surface area (Å²) in [6.07, 6.45) is 0.183. The molecule has 2 aromatic rings. The van der Waals surface area contributed by atoms with Crippen LogP contribution in [0.5, 0.6) is 0 Å². The van der Waals surface area contributed by atoms with Crippen LogP contribution >= 0.6 is 11.3 Å². The SMILES string of the molecule is Cc1ccc2nc(NC(=O)CCC(=O)NCCO)sc2c1. The highest BCUT2D eigenvalue weighted by Gasteiger charge is 2.10. The highest BCUT2D eigenvalue weighted by atomic mass is 32.1. The minimum absolute atomic E-state index is 0.0895. The van der Waals surface area contributed by atoms with E-state index >= 15 is 0 Å². The van der Waals surface area contributed by atoms with Gasteiger partial charge in [0.15, 0.2) is 5.13 Å². The molecule has 0 bridgehead atoms. The third kappa shape index (κ3) is 4.51. The molecule has 0 aliphatic rings. The molecule has 1 heterocycles. The molecular formula is C14H17N3O3S. The average Bonchev–Trinajstić information content (AvgIpc) is 2.84. The number of rotatable bonds is 6. The summed E-state index contributed by atoms with van der Waals surface area (Å²) in [6.45, 7) is 2.10. The fourth-order valence-corrected chi connectivity index (χ4v) is 2.76. The van der Waals surface area contributed by atoms with Crippen LogP contribution in [0.15, 0.2) is 18.2 Å². The maximum atomic E-state index is 11.8. The van der Waals surface area contributed by atoms with E-state index in [1.807, 2.05) is 25.1 Å². The molecule has 6 nitrogen and oxygen atoms in total. The standard InChI is InChI=1S/C14H17N3O3S/c1-9-2-3-10-11(8-9)21-14(16-10)17-13(20)5-4-12(19)15-6-7-18/h2-3,8,18H,4-7H2,1H3,(H,15,19)(H,16,17,20). The van der Waals surface area contributed by atoms with Crippen molar-refractivity contribution in [2.75, 3.05) is 18.5 Å². The minimum Gasteiger partial charge on any atom is -0.395 e. The number of aliphatic hydroxyl groups is 1. The molecule has 0 aliphatic carbocycles. The number of nitrogens with zero attached hydrogens (tertiary/aromatic N) is 1. The number of amides is 2. The van der Waals surface area contributed by atoms with Crippen molar-refractivity contribution >= 4 is 38.5 Å². The van der Waals surface area contributed by atoms with Crippen molar-refractivity contribution in [3.63, 3.8) is 0 Å². The van der Waals surface area contributed by atoms with Crippen LogP contribution in [0.4, 0.5) is 5.13 Å². The van der Waals surface area contributed by atoms with E-state index < -0.39 is 0 Å². The molecule has 2 amide bonds. The number of nitrogens with one attached hydrogen (secondary N) is 2. The zero-order chi connectivity index (χ0) is 15.2. The molecule has 0 radical (unpaired) electrons. The fourth-order valence-electron chi connectivity index (χ4n) is 1.78. The molecule has 1 aromatic carbocycles. The number of benzene rings is 1. The number of carbonyl (C=O) groups excluding carboxylic acids is 2. The van der Waals surface area contributed by atoms with Gasteiger partial charge in [-0.05, 0) is 24.6 Å². The highest BCUT2D eigenvalue weighted by molar-refractivity contribution is 7.22. The zero-order valence-corrected chi connectivity index (χ0v) is 12.5. The molecule has 112 valence electrons. The average molecular weight is 307 g/mol. The lowest BCUT2D eigenvalue weighted by Crippen LogP contribution is -2.27. The maximum Gasteiger partial charge on any atom is 0.226 e. The van der Waals surface area contributed by atoms with Gasteiger partial charge in [0.25, 0.3) is 0 Å². The van der Waals surface area contributed by atoms with Gasteiger partial charge in [0.2, 0.25) is 11.8 Å². The Labute approximate surface area is 126 Å². The third-order valence-electron chi connectivity index (χ3n) is 2.80. The second-order valence-electron chi connectivity index (χ2n) is 4.61. The van der Waals surface area contributed by atoms with E-state index in [1.165, 1.54) is 11.3 Å². The summed E-state index contributed by atoms with van der Waals surface area (Å²) >= 11 is 1.41. The summed E-state index contributed by atoms with van der Waals surface area (Å²) < 4.78 is 1.02. The molecule has 21 heavy (non-hydrogen) atoms. The van der Waals surface area contributed by atoms with Gasteiger partial charge in [-0.3, -0.25) is 9.59 Å². The summed E-state index contributed by atoms with van der Waals surface area (Å²) in [5, 5.41) is 14.3. The summed E-state index contributed by atoms with van der Waals surface area (Å²) in [5.41, 5.74) is 1.99. The first-order valence-corrected chi connectivity index (χ1v) is 7.45. The number of anilines is 1. The molecule has 3 N–H and O–H groups in total. The van der Waals surface area contributed by atoms with Gasteiger partial charge in [-0.2, -0.15) is 0 Å². The Balaban J connectivity index is 1.88. The lowest BCUT2D eigenvalue weighted by atomic mass is 10.2. The van der Waals surface area contributed by atoms with Crippen molar-refractivity contribution in [2.24, 2.45) is 0 Å². The van der Waals surface area contributed by atoms with Gasteiger partial charge < -0.3 is 15.7 Å². The van der Waals surface area contributed by atoms with E-state index in [0.29, 0.717) is 5.13 Å². The van der Waals surface area contributed by atoms with Gasteiger partial charge >= 0.3 is 0 Å². The summed E-state index contributed by atoms with van der Waals surface area (Å²) in [4.78, 5) is 27.4. The lowest BCUT2D eigenvalue weighted by molar-refractivity contribution is -0.124. The van der Waals surface area contributed by atoms with Crippen LogP contribution in [-0.4, -0.2) is 35.1 Å². The van der Waals surface area contributed by atoms with Gasteiger partial charge in [0.05, 0.1) is 16.8 Å². The molecular weight excluding hydrogens is 290 g/mol. The van der Waals surface area contributed by atoms with Gasteiger partial charge in [-0.15, -0.1) is 0 Å². The number of hydrogen-bond donors (Lipinski definition) is 3. The molecule has 0 saturated heterocycles. The number of hydrogen-bond acceptors (Lipinski definition) is 5. The molecule has 0 atom stereocenters. The third-order valence-corrected chi connectivity index (χ3v) is 3.74. The smallest absolute Gasteiger partial charge is 0.226 e. The van der Waals surface area contributed by atoms with Gasteiger partial charge in [0, 0.05) is 19.4 Å². The van der Waals surface area contributed by atoms with Crippen LogP contribution in [-0.2, 0) is 9.59 Å². The van der Waals surface area contributed by atoms with Crippen LogP contribution in [0.25, 0.3) is 10.2 Å². The summed E-state index contributed by atoms with van der Waals surface area (Å²) in [5.74, 6) is -0.496. The van der Waals surface area contributed by atoms with Crippen molar-refractivity contribution in [1.82, 2.24) is 10.3 Å². The van der Waals surface area contributed by atoms with E-state index in [9.17, 15) is 9.59 Å². The van der Waals surface area contributed by atoms with Crippen LogP contribution in [0, 0.1) is 6.92 Å². The monoisotopic (exact) mass is 307 g/mol. The molecule has 0 spiro atoms. The second-order valence-corrected chi connectivity index (χ2v) is 5.64. The van der Waals surface area contributed by atoms with Crippen molar-refractivity contribution in [3.05, 3.63) is 23.8 Å². The summed E-state index contributed by atoms with van der Waals surface area (Å²) in [7, 11) is 0. The number of aromatic nitrogens is 1. The first-order chi connectivity index (χ1) is 10.1. The van der Waals surface area contributed by atoms with Gasteiger partial charge in [-0.25, -0.2) is 4.98 Å². The quantitative estimate of drug-likeness (QED) is 0.753. The van der Waals surface area contributed by atoms with Crippen LogP contribution in [0.2, 0.25) is 0 Å². The van der Waals surface area contributed by atoms with Crippen LogP contribution in [0.1, 0.15) is 18.4 Å². The second kappa shape index (κ2) is 7.14. The predicted molar refractivity (Wildman–Crippen MR) is 82.3 cm³/mol. The highest BCUT2D eigenvalue weighted by Crippen LogP contribution is 2.26. The van der Waals surface area contributed by atoms with E-state index in [4.69, 9.17) is 5.11 Å². The number of thiazole rings is 1. The number of carbonyl (C=O) groups is 2. The molecule has 0 unspecified atom stereocenters. The minimum atomic E-state index is -0.251. The molecule has 7 heteroatoms. The van der Waals surface area contributed by atoms with Crippen molar-refractivity contribution in [1.29, 1.82) is 0 Å². The summed E-state index contributed by atoms with van der Waals surface area (Å²) in [6, 6.07) is 5.91. The van der Waals surface area contributed by atoms with E-state index in [1.54, 1.807) is 0 Å². The Morgan fingerprint density at radius 1 is 1.29 bits per heavy atom. The Bertz CT molecular complexity index is 654. The van der Waals surface area contributed by atoms with Crippen molar-refractivity contribution in [3.8, 4) is 0 Å². The van der Waals surface area contributed by atoms with Gasteiger partial charge in [-0.1, -0.05) is 17.4 Å². The molecule has 0 aliphatic heterocycles. The molecule has 0 saturated carbocycles. The lowest BCUT2D eigenvalue weighted by Gasteiger charge is -2.03. The number of aryl methyl sites for hydroxylation is 1. The fraction of sp³-hybridized carbons (Fsp3) is 0.357. The van der Waals surface area contributed by atoms with E-state index in [2.05, 4.69) is 15.6 Å². The number of aliphatic hydroxyl groups excluding tert-OH is 1. The first kappa shape index (κ1) is 15.4. The Hall–Kier alpha value is -1.99. The normalized spacial score (nSPS) is 10.6. The van der Waals surface area contributed by atoms with Crippen molar-refractivity contribution in [2.45, 2.75) is 19.8 Å². The van der Waals surface area contributed by atoms with Gasteiger partial charge in [0.1, 0.15) is 0 Å². The number of fused-ring (bicyclic) bond motifs is 1. The molecule has 0 fully saturated rings. The molecule has 1 aromatic heterocycles. The Morgan fingerprint density at radius 3 is 2.81 bits per heavy atom. The molecule has 2 rings (SSSR count). The first-order valence-electron chi connectivity index (χ1n) is 6.63. The van der Waals surface area contributed by atoms with Crippen LogP contribution in [0.3, 0.4) is 0 Å².